The Morgan fingerprint density at radius 1 is 0.800 bits per heavy atom. The molecule has 1 aromatic heterocycles. The Labute approximate surface area is 181 Å². The van der Waals surface area contributed by atoms with Gasteiger partial charge in [-0.15, -0.1) is 0 Å². The molecule has 0 N–H and O–H groups in total. The highest BCUT2D eigenvalue weighted by molar-refractivity contribution is 5.84. The van der Waals surface area contributed by atoms with Gasteiger partial charge in [0.2, 0.25) is 11.8 Å². The van der Waals surface area contributed by atoms with E-state index < -0.39 is 0 Å². The number of unbranched alkanes of at least 4 members (excludes halogenated alkanes) is 4. The van der Waals surface area contributed by atoms with E-state index in [-0.39, 0.29) is 18.4 Å². The third-order valence-electron chi connectivity index (χ3n) is 5.16. The fourth-order valence-corrected chi connectivity index (χ4v) is 3.49. The van der Waals surface area contributed by atoms with Crippen molar-refractivity contribution in [2.45, 2.75) is 71.9 Å². The van der Waals surface area contributed by atoms with Crippen LogP contribution >= 0.6 is 0 Å². The number of amides is 2. The smallest absolute Gasteiger partial charge is 0.242 e. The van der Waals surface area contributed by atoms with Gasteiger partial charge in [-0.1, -0.05) is 69.9 Å². The van der Waals surface area contributed by atoms with E-state index in [1.807, 2.05) is 49.4 Å². The van der Waals surface area contributed by atoms with Gasteiger partial charge in [0, 0.05) is 19.5 Å². The van der Waals surface area contributed by atoms with Crippen molar-refractivity contribution in [3.8, 4) is 0 Å². The van der Waals surface area contributed by atoms with Crippen molar-refractivity contribution < 1.29 is 14.0 Å². The second-order valence-corrected chi connectivity index (χ2v) is 7.79. The molecule has 0 aliphatic rings. The number of benzene rings is 1. The summed E-state index contributed by atoms with van der Waals surface area (Å²) in [6.45, 7) is 5.84. The maximum absolute atomic E-state index is 13.2. The van der Waals surface area contributed by atoms with Crippen LogP contribution in [0.15, 0.2) is 53.1 Å². The van der Waals surface area contributed by atoms with Gasteiger partial charge in [0.1, 0.15) is 5.76 Å². The van der Waals surface area contributed by atoms with E-state index in [1.165, 1.54) is 19.3 Å². The van der Waals surface area contributed by atoms with Crippen molar-refractivity contribution in [3.05, 3.63) is 60.1 Å². The maximum atomic E-state index is 13.2. The molecule has 164 valence electrons. The molecule has 2 rings (SSSR count). The number of hydrogen-bond donors (Lipinski definition) is 0. The summed E-state index contributed by atoms with van der Waals surface area (Å²) in [7, 11) is 0. The van der Waals surface area contributed by atoms with Crippen LogP contribution in [0.1, 0.15) is 70.1 Å². The first kappa shape index (κ1) is 23.7. The monoisotopic (exact) mass is 412 g/mol. The Balaban J connectivity index is 1.99. The second-order valence-electron chi connectivity index (χ2n) is 7.79. The zero-order valence-corrected chi connectivity index (χ0v) is 18.5. The minimum Gasteiger partial charge on any atom is -0.467 e. The van der Waals surface area contributed by atoms with Crippen molar-refractivity contribution in [2.24, 2.45) is 0 Å². The number of furan rings is 1. The minimum absolute atomic E-state index is 0.0527. The summed E-state index contributed by atoms with van der Waals surface area (Å²) in [5, 5.41) is 0. The molecule has 0 bridgehead atoms. The van der Waals surface area contributed by atoms with Gasteiger partial charge in [0.05, 0.1) is 19.4 Å². The van der Waals surface area contributed by atoms with E-state index in [2.05, 4.69) is 6.92 Å². The predicted octanol–water partition coefficient (Wildman–Crippen LogP) is 5.41. The van der Waals surface area contributed by atoms with Crippen molar-refractivity contribution in [3.63, 3.8) is 0 Å². The quantitative estimate of drug-likeness (QED) is 0.390. The van der Waals surface area contributed by atoms with Crippen molar-refractivity contribution in [2.75, 3.05) is 13.1 Å². The van der Waals surface area contributed by atoms with Gasteiger partial charge in [0.15, 0.2) is 0 Å². The van der Waals surface area contributed by atoms with Crippen LogP contribution in [0.5, 0.6) is 0 Å². The molecule has 1 heterocycles. The molecule has 0 atom stereocenters. The third kappa shape index (κ3) is 8.44. The van der Waals surface area contributed by atoms with Crippen LogP contribution in [0, 0.1) is 0 Å². The molecule has 5 nitrogen and oxygen atoms in total. The first-order chi connectivity index (χ1) is 14.6. The highest BCUT2D eigenvalue weighted by atomic mass is 16.3. The van der Waals surface area contributed by atoms with Crippen LogP contribution in [-0.2, 0) is 22.7 Å². The van der Waals surface area contributed by atoms with E-state index in [1.54, 1.807) is 16.1 Å². The topological polar surface area (TPSA) is 53.8 Å². The average molecular weight is 413 g/mol. The summed E-state index contributed by atoms with van der Waals surface area (Å²) in [6.07, 6.45) is 8.53. The molecular weight excluding hydrogens is 376 g/mol. The zero-order valence-electron chi connectivity index (χ0n) is 18.5. The molecule has 0 fully saturated rings. The van der Waals surface area contributed by atoms with Gasteiger partial charge in [-0.25, -0.2) is 0 Å². The number of nitrogens with zero attached hydrogens (tertiary/aromatic N) is 2. The maximum Gasteiger partial charge on any atom is 0.242 e. The summed E-state index contributed by atoms with van der Waals surface area (Å²) in [6, 6.07) is 13.6. The summed E-state index contributed by atoms with van der Waals surface area (Å²) in [4.78, 5) is 29.4. The summed E-state index contributed by atoms with van der Waals surface area (Å²) >= 11 is 0. The number of carbonyl (C=O) groups excluding carboxylic acids is 2. The van der Waals surface area contributed by atoms with Gasteiger partial charge in [-0.05, 0) is 30.5 Å². The van der Waals surface area contributed by atoms with E-state index in [9.17, 15) is 9.59 Å². The van der Waals surface area contributed by atoms with Crippen LogP contribution < -0.4 is 0 Å². The van der Waals surface area contributed by atoms with Crippen molar-refractivity contribution in [1.82, 2.24) is 9.80 Å². The molecule has 5 heteroatoms. The van der Waals surface area contributed by atoms with Crippen LogP contribution in [-0.4, -0.2) is 34.7 Å². The fourth-order valence-electron chi connectivity index (χ4n) is 3.49. The average Bonchev–Trinajstić information content (AvgIpc) is 3.26. The molecule has 0 aliphatic heterocycles. The summed E-state index contributed by atoms with van der Waals surface area (Å²) in [5.74, 6) is 0.769. The van der Waals surface area contributed by atoms with Crippen molar-refractivity contribution >= 4 is 11.8 Å². The largest absolute Gasteiger partial charge is 0.467 e. The lowest BCUT2D eigenvalue weighted by Gasteiger charge is -2.27. The summed E-state index contributed by atoms with van der Waals surface area (Å²) in [5.41, 5.74) is 1.06. The number of rotatable bonds is 14. The van der Waals surface area contributed by atoms with E-state index in [0.29, 0.717) is 26.1 Å². The Hall–Kier alpha value is -2.56. The summed E-state index contributed by atoms with van der Waals surface area (Å²) < 4.78 is 5.46. The van der Waals surface area contributed by atoms with E-state index >= 15 is 0 Å². The molecule has 0 saturated heterocycles. The van der Waals surface area contributed by atoms with Crippen LogP contribution in [0.4, 0.5) is 0 Å². The molecule has 2 amide bonds. The van der Waals surface area contributed by atoms with Gasteiger partial charge >= 0.3 is 0 Å². The molecule has 0 spiro atoms. The fraction of sp³-hybridized carbons (Fsp3) is 0.520. The molecule has 0 aliphatic carbocycles. The predicted molar refractivity (Wildman–Crippen MR) is 120 cm³/mol. The number of hydrogen-bond acceptors (Lipinski definition) is 3. The molecule has 0 saturated carbocycles. The molecule has 0 radical (unpaired) electrons. The lowest BCUT2D eigenvalue weighted by Crippen LogP contribution is -2.42. The molecule has 30 heavy (non-hydrogen) atoms. The molecule has 2 aromatic rings. The lowest BCUT2D eigenvalue weighted by atomic mass is 10.1. The molecular formula is C25H36N2O3. The lowest BCUT2D eigenvalue weighted by molar-refractivity contribution is -0.141. The first-order valence-corrected chi connectivity index (χ1v) is 11.3. The Morgan fingerprint density at radius 2 is 1.57 bits per heavy atom. The van der Waals surface area contributed by atoms with Crippen molar-refractivity contribution in [1.29, 1.82) is 0 Å². The van der Waals surface area contributed by atoms with Crippen LogP contribution in [0.2, 0.25) is 0 Å². The van der Waals surface area contributed by atoms with Gasteiger partial charge in [0.25, 0.3) is 0 Å². The van der Waals surface area contributed by atoms with E-state index in [0.717, 1.165) is 30.6 Å². The zero-order chi connectivity index (χ0) is 21.6. The van der Waals surface area contributed by atoms with Crippen LogP contribution in [0.25, 0.3) is 0 Å². The Bertz CT molecular complexity index is 728. The number of carbonyl (C=O) groups is 2. The second kappa shape index (κ2) is 13.6. The molecule has 1 aromatic carbocycles. The highest BCUT2D eigenvalue weighted by Crippen LogP contribution is 2.13. The van der Waals surface area contributed by atoms with Gasteiger partial charge < -0.3 is 14.2 Å². The Morgan fingerprint density at radius 3 is 2.23 bits per heavy atom. The van der Waals surface area contributed by atoms with E-state index in [4.69, 9.17) is 4.42 Å². The highest BCUT2D eigenvalue weighted by Gasteiger charge is 2.21. The normalized spacial score (nSPS) is 10.7. The Kier molecular flexibility index (Phi) is 10.8. The SMILES string of the molecule is CCCCCCCC(=O)N(CCC)CC(=O)N(Cc1ccccc1)Cc1ccco1. The standard InChI is InChI=1S/C25H36N2O3/c1-3-5-6-7-11-16-24(28)26(17-4-2)21-25(29)27(20-23-15-12-18-30-23)19-22-13-9-8-10-14-22/h8-10,12-15,18H,3-7,11,16-17,19-21H2,1-2H3. The van der Waals surface area contributed by atoms with Gasteiger partial charge in [-0.2, -0.15) is 0 Å². The molecule has 0 unspecified atom stereocenters. The van der Waals surface area contributed by atoms with Gasteiger partial charge in [-0.3, -0.25) is 9.59 Å². The first-order valence-electron chi connectivity index (χ1n) is 11.3. The third-order valence-corrected chi connectivity index (χ3v) is 5.16. The minimum atomic E-state index is -0.0527. The van der Waals surface area contributed by atoms with Crippen LogP contribution in [0.3, 0.4) is 0 Å².